The van der Waals surface area contributed by atoms with Crippen molar-refractivity contribution in [1.29, 1.82) is 10.7 Å². The van der Waals surface area contributed by atoms with Crippen molar-refractivity contribution < 1.29 is 0 Å². The summed E-state index contributed by atoms with van der Waals surface area (Å²) in [7, 11) is 2.16. The second kappa shape index (κ2) is 8.27. The second-order valence-electron chi connectivity index (χ2n) is 5.75. The molecule has 0 saturated carbocycles. The Morgan fingerprint density at radius 1 is 1.39 bits per heavy atom. The second-order valence-corrected chi connectivity index (χ2v) is 5.75. The van der Waals surface area contributed by atoms with Gasteiger partial charge in [0.05, 0.1) is 5.69 Å². The van der Waals surface area contributed by atoms with Gasteiger partial charge in [-0.3, -0.25) is 10.8 Å². The monoisotopic (exact) mass is 313 g/mol. The summed E-state index contributed by atoms with van der Waals surface area (Å²) in [6.07, 6.45) is 2.37. The zero-order valence-electron chi connectivity index (χ0n) is 13.3. The van der Waals surface area contributed by atoms with Crippen LogP contribution in [0.4, 0.5) is 5.69 Å². The minimum Gasteiger partial charge on any atom is -0.382 e. The highest BCUT2D eigenvalue weighted by Crippen LogP contribution is 2.12. The molecule has 1 aliphatic heterocycles. The summed E-state index contributed by atoms with van der Waals surface area (Å²) < 4.78 is 0. The van der Waals surface area contributed by atoms with Crippen LogP contribution in [-0.4, -0.2) is 42.6 Å². The molecule has 1 aliphatic rings. The van der Waals surface area contributed by atoms with Crippen LogP contribution in [0.2, 0.25) is 0 Å². The van der Waals surface area contributed by atoms with E-state index in [9.17, 15) is 0 Å². The lowest BCUT2D eigenvalue weighted by molar-refractivity contribution is 0.234. The van der Waals surface area contributed by atoms with Crippen molar-refractivity contribution >= 4 is 17.2 Å². The average molecular weight is 313 g/mol. The molecular formula is C16H23N7. The van der Waals surface area contributed by atoms with Crippen LogP contribution < -0.4 is 16.5 Å². The lowest BCUT2D eigenvalue weighted by Crippen LogP contribution is -2.40. The van der Waals surface area contributed by atoms with Crippen molar-refractivity contribution in [1.82, 2.24) is 10.2 Å². The predicted octanol–water partition coefficient (Wildman–Crippen LogP) is 1.10. The molecule has 1 fully saturated rings. The van der Waals surface area contributed by atoms with Crippen molar-refractivity contribution in [3.63, 3.8) is 0 Å². The highest BCUT2D eigenvalue weighted by atomic mass is 15.3. The fourth-order valence-electron chi connectivity index (χ4n) is 2.44. The molecular weight excluding hydrogens is 290 g/mol. The van der Waals surface area contributed by atoms with Gasteiger partial charge in [0.1, 0.15) is 6.07 Å². The molecule has 122 valence electrons. The molecule has 2 rings (SSSR count). The molecule has 7 nitrogen and oxygen atoms in total. The highest BCUT2D eigenvalue weighted by molar-refractivity contribution is 6.45. The number of rotatable bonds is 6. The standard InChI is InChI=1S/C16H23N7/c1-23-8-6-13(7-9-23)20-11-12-2-4-14(5-3-12)21-22-15(10-17)16(18)19/h2-5,13,20-21H,6-9,11H2,1H3,(H3,18,19)/b22-15+. The normalized spacial score (nSPS) is 16.8. The first-order valence-corrected chi connectivity index (χ1v) is 7.67. The Hall–Kier alpha value is -2.43. The van der Waals surface area contributed by atoms with Gasteiger partial charge in [-0.1, -0.05) is 12.1 Å². The molecule has 1 heterocycles. The third-order valence-corrected chi connectivity index (χ3v) is 3.93. The summed E-state index contributed by atoms with van der Waals surface area (Å²) in [5, 5.41) is 23.4. The molecule has 0 aliphatic carbocycles. The number of hydrogen-bond donors (Lipinski definition) is 4. The Morgan fingerprint density at radius 3 is 2.61 bits per heavy atom. The van der Waals surface area contributed by atoms with Gasteiger partial charge >= 0.3 is 0 Å². The molecule has 23 heavy (non-hydrogen) atoms. The smallest absolute Gasteiger partial charge is 0.201 e. The highest BCUT2D eigenvalue weighted by Gasteiger charge is 2.15. The van der Waals surface area contributed by atoms with E-state index >= 15 is 0 Å². The average Bonchev–Trinajstić information content (AvgIpc) is 2.56. The van der Waals surface area contributed by atoms with Gasteiger partial charge in [-0.2, -0.15) is 10.4 Å². The van der Waals surface area contributed by atoms with E-state index in [4.69, 9.17) is 16.4 Å². The van der Waals surface area contributed by atoms with Crippen LogP contribution in [-0.2, 0) is 6.54 Å². The van der Waals surface area contributed by atoms with Gasteiger partial charge in [0.25, 0.3) is 0 Å². The molecule has 0 aromatic heterocycles. The molecule has 7 heteroatoms. The number of amidine groups is 1. The van der Waals surface area contributed by atoms with Crippen molar-refractivity contribution in [3.8, 4) is 6.07 Å². The number of likely N-dealkylation sites (tertiary alicyclic amines) is 1. The topological polar surface area (TPSA) is 113 Å². The Balaban J connectivity index is 1.83. The van der Waals surface area contributed by atoms with E-state index in [2.05, 4.69) is 27.8 Å². The van der Waals surface area contributed by atoms with Crippen LogP contribution in [0.15, 0.2) is 29.4 Å². The van der Waals surface area contributed by atoms with E-state index < -0.39 is 0 Å². The molecule has 1 aromatic rings. The molecule has 0 radical (unpaired) electrons. The molecule has 0 unspecified atom stereocenters. The molecule has 0 atom stereocenters. The Bertz CT molecular complexity index is 592. The van der Waals surface area contributed by atoms with Gasteiger partial charge in [-0.05, 0) is 50.7 Å². The molecule has 0 amide bonds. The van der Waals surface area contributed by atoms with Crippen LogP contribution in [0.5, 0.6) is 0 Å². The van der Waals surface area contributed by atoms with E-state index in [1.54, 1.807) is 6.07 Å². The molecule has 1 saturated heterocycles. The van der Waals surface area contributed by atoms with Gasteiger partial charge in [0, 0.05) is 12.6 Å². The summed E-state index contributed by atoms with van der Waals surface area (Å²) in [6, 6.07) is 10.2. The molecule has 0 spiro atoms. The van der Waals surface area contributed by atoms with Crippen molar-refractivity contribution in [2.75, 3.05) is 25.6 Å². The zero-order valence-corrected chi connectivity index (χ0v) is 13.3. The number of nitrogens with one attached hydrogen (secondary N) is 3. The number of nitriles is 1. The van der Waals surface area contributed by atoms with E-state index in [1.807, 2.05) is 24.3 Å². The Labute approximate surface area is 136 Å². The number of nitrogens with zero attached hydrogens (tertiary/aromatic N) is 3. The quantitative estimate of drug-likeness (QED) is 0.357. The Morgan fingerprint density at radius 2 is 2.04 bits per heavy atom. The van der Waals surface area contributed by atoms with E-state index in [-0.39, 0.29) is 11.5 Å². The summed E-state index contributed by atoms with van der Waals surface area (Å²) in [5.74, 6) is -0.348. The summed E-state index contributed by atoms with van der Waals surface area (Å²) in [4.78, 5) is 2.36. The molecule has 5 N–H and O–H groups in total. The number of piperidine rings is 1. The van der Waals surface area contributed by atoms with Gasteiger partial charge < -0.3 is 16.0 Å². The summed E-state index contributed by atoms with van der Waals surface area (Å²) >= 11 is 0. The first kappa shape index (κ1) is 16.9. The lowest BCUT2D eigenvalue weighted by atomic mass is 10.1. The van der Waals surface area contributed by atoms with Crippen molar-refractivity contribution in [3.05, 3.63) is 29.8 Å². The summed E-state index contributed by atoms with van der Waals surface area (Å²) in [5.41, 5.74) is 9.79. The SMILES string of the molecule is CN1CCC(NCc2ccc(N/N=C(\C#N)C(=N)N)cc2)CC1. The lowest BCUT2D eigenvalue weighted by Gasteiger charge is -2.29. The third-order valence-electron chi connectivity index (χ3n) is 3.93. The zero-order chi connectivity index (χ0) is 16.7. The van der Waals surface area contributed by atoms with Gasteiger partial charge in [-0.15, -0.1) is 0 Å². The van der Waals surface area contributed by atoms with Crippen LogP contribution in [0.1, 0.15) is 18.4 Å². The Kier molecular flexibility index (Phi) is 6.09. The van der Waals surface area contributed by atoms with E-state index in [1.165, 1.54) is 18.4 Å². The van der Waals surface area contributed by atoms with Crippen LogP contribution >= 0.6 is 0 Å². The maximum Gasteiger partial charge on any atom is 0.201 e. The fraction of sp³-hybridized carbons (Fsp3) is 0.438. The number of nitrogens with two attached hydrogens (primary N) is 1. The molecule has 0 bridgehead atoms. The first-order chi connectivity index (χ1) is 11.1. The maximum absolute atomic E-state index is 8.78. The summed E-state index contributed by atoms with van der Waals surface area (Å²) in [6.45, 7) is 3.14. The number of benzene rings is 1. The maximum atomic E-state index is 8.78. The van der Waals surface area contributed by atoms with Gasteiger partial charge in [-0.25, -0.2) is 0 Å². The minimum atomic E-state index is -0.348. The van der Waals surface area contributed by atoms with E-state index in [0.29, 0.717) is 6.04 Å². The van der Waals surface area contributed by atoms with Crippen molar-refractivity contribution in [2.24, 2.45) is 10.8 Å². The molecule has 1 aromatic carbocycles. The fourth-order valence-corrected chi connectivity index (χ4v) is 2.44. The first-order valence-electron chi connectivity index (χ1n) is 7.67. The third kappa shape index (κ3) is 5.36. The van der Waals surface area contributed by atoms with Crippen LogP contribution in [0, 0.1) is 16.7 Å². The number of anilines is 1. The van der Waals surface area contributed by atoms with Crippen LogP contribution in [0.25, 0.3) is 0 Å². The predicted molar refractivity (Wildman–Crippen MR) is 92.4 cm³/mol. The van der Waals surface area contributed by atoms with Crippen LogP contribution in [0.3, 0.4) is 0 Å². The number of hydrogen-bond acceptors (Lipinski definition) is 6. The number of hydrazone groups is 1. The van der Waals surface area contributed by atoms with Gasteiger partial charge in [0.15, 0.2) is 5.84 Å². The largest absolute Gasteiger partial charge is 0.382 e. The van der Waals surface area contributed by atoms with E-state index in [0.717, 1.165) is 25.3 Å². The van der Waals surface area contributed by atoms with Crippen molar-refractivity contribution in [2.45, 2.75) is 25.4 Å². The van der Waals surface area contributed by atoms with Gasteiger partial charge in [0.2, 0.25) is 5.71 Å². The minimum absolute atomic E-state index is 0.127.